The van der Waals surface area contributed by atoms with Crippen LogP contribution in [0.2, 0.25) is 0 Å². The van der Waals surface area contributed by atoms with Gasteiger partial charge in [0.15, 0.2) is 0 Å². The summed E-state index contributed by atoms with van der Waals surface area (Å²) in [6.07, 6.45) is 10.8. The maximum atomic E-state index is 5.98. The summed E-state index contributed by atoms with van der Waals surface area (Å²) in [5.41, 5.74) is 0. The number of hydrogen-bond donors (Lipinski definition) is 1. The minimum atomic E-state index is 0.410. The maximum absolute atomic E-state index is 5.98. The Labute approximate surface area is 115 Å². The van der Waals surface area contributed by atoms with Crippen molar-refractivity contribution in [3.8, 4) is 0 Å². The first-order valence-electron chi connectivity index (χ1n) is 8.05. The monoisotopic (exact) mass is 257 g/mol. The zero-order valence-corrected chi connectivity index (χ0v) is 13.1. The lowest BCUT2D eigenvalue weighted by Gasteiger charge is -2.19. The van der Waals surface area contributed by atoms with Gasteiger partial charge in [-0.2, -0.15) is 0 Å². The van der Waals surface area contributed by atoms with Crippen molar-refractivity contribution in [1.82, 2.24) is 5.32 Å². The van der Waals surface area contributed by atoms with Crippen molar-refractivity contribution >= 4 is 0 Å². The van der Waals surface area contributed by atoms with Gasteiger partial charge in [-0.05, 0) is 12.8 Å². The zero-order chi connectivity index (χ0) is 13.6. The van der Waals surface area contributed by atoms with Crippen LogP contribution in [0.4, 0.5) is 0 Å². The van der Waals surface area contributed by atoms with Crippen LogP contribution in [0, 0.1) is 0 Å². The molecule has 0 saturated carbocycles. The van der Waals surface area contributed by atoms with Gasteiger partial charge < -0.3 is 10.1 Å². The Hall–Kier alpha value is -0.0800. The Morgan fingerprint density at radius 3 is 2.17 bits per heavy atom. The molecule has 0 aromatic carbocycles. The lowest BCUT2D eigenvalue weighted by molar-refractivity contribution is 0.0433. The third-order valence-corrected chi connectivity index (χ3v) is 3.22. The zero-order valence-electron chi connectivity index (χ0n) is 13.1. The predicted octanol–water partition coefficient (Wildman–Crippen LogP) is 4.53. The van der Waals surface area contributed by atoms with E-state index in [-0.39, 0.29) is 0 Å². The van der Waals surface area contributed by atoms with Crippen LogP contribution in [0.15, 0.2) is 0 Å². The van der Waals surface area contributed by atoms with E-state index in [9.17, 15) is 0 Å². The Balaban J connectivity index is 3.45. The molecule has 1 N–H and O–H groups in total. The SMILES string of the molecule is CCCCCCCCOC(CCC)CNC(C)C. The van der Waals surface area contributed by atoms with Crippen molar-refractivity contribution < 1.29 is 4.74 Å². The van der Waals surface area contributed by atoms with Gasteiger partial charge in [-0.15, -0.1) is 0 Å². The molecule has 0 aliphatic rings. The lowest BCUT2D eigenvalue weighted by Crippen LogP contribution is -2.33. The summed E-state index contributed by atoms with van der Waals surface area (Å²) >= 11 is 0. The summed E-state index contributed by atoms with van der Waals surface area (Å²) in [7, 11) is 0. The van der Waals surface area contributed by atoms with E-state index in [4.69, 9.17) is 4.74 Å². The molecular weight excluding hydrogens is 222 g/mol. The average Bonchev–Trinajstić information content (AvgIpc) is 2.34. The van der Waals surface area contributed by atoms with Crippen molar-refractivity contribution in [1.29, 1.82) is 0 Å². The van der Waals surface area contributed by atoms with E-state index in [1.807, 2.05) is 0 Å². The number of ether oxygens (including phenoxy) is 1. The predicted molar refractivity (Wildman–Crippen MR) is 81.2 cm³/mol. The third kappa shape index (κ3) is 12.4. The first-order chi connectivity index (χ1) is 8.70. The maximum Gasteiger partial charge on any atom is 0.0699 e. The summed E-state index contributed by atoms with van der Waals surface area (Å²) in [5.74, 6) is 0. The van der Waals surface area contributed by atoms with E-state index in [1.54, 1.807) is 0 Å². The summed E-state index contributed by atoms with van der Waals surface area (Å²) in [4.78, 5) is 0. The van der Waals surface area contributed by atoms with Crippen molar-refractivity contribution in [2.75, 3.05) is 13.2 Å². The molecule has 0 aromatic heterocycles. The molecule has 0 spiro atoms. The quantitative estimate of drug-likeness (QED) is 0.489. The first-order valence-corrected chi connectivity index (χ1v) is 8.05. The second-order valence-corrected chi connectivity index (χ2v) is 5.61. The summed E-state index contributed by atoms with van der Waals surface area (Å²) < 4.78 is 5.98. The molecular formula is C16H35NO. The van der Waals surface area contributed by atoms with Crippen LogP contribution >= 0.6 is 0 Å². The van der Waals surface area contributed by atoms with Gasteiger partial charge in [-0.25, -0.2) is 0 Å². The Kier molecular flexibility index (Phi) is 13.3. The number of hydrogen-bond acceptors (Lipinski definition) is 2. The van der Waals surface area contributed by atoms with Gasteiger partial charge >= 0.3 is 0 Å². The number of rotatable bonds is 13. The highest BCUT2D eigenvalue weighted by atomic mass is 16.5. The highest BCUT2D eigenvalue weighted by molar-refractivity contribution is 4.63. The summed E-state index contributed by atoms with van der Waals surface area (Å²) in [5, 5.41) is 3.47. The summed E-state index contributed by atoms with van der Waals surface area (Å²) in [6, 6.07) is 0.557. The molecule has 0 radical (unpaired) electrons. The van der Waals surface area contributed by atoms with Crippen molar-refractivity contribution in [3.05, 3.63) is 0 Å². The van der Waals surface area contributed by atoms with Gasteiger partial charge in [0.2, 0.25) is 0 Å². The van der Waals surface area contributed by atoms with Gasteiger partial charge in [0.1, 0.15) is 0 Å². The van der Waals surface area contributed by atoms with Crippen LogP contribution in [0.3, 0.4) is 0 Å². The minimum Gasteiger partial charge on any atom is -0.377 e. The molecule has 1 unspecified atom stereocenters. The fourth-order valence-corrected chi connectivity index (χ4v) is 2.07. The highest BCUT2D eigenvalue weighted by Crippen LogP contribution is 2.07. The van der Waals surface area contributed by atoms with Gasteiger partial charge in [-0.1, -0.05) is 66.2 Å². The van der Waals surface area contributed by atoms with E-state index in [2.05, 4.69) is 33.0 Å². The largest absolute Gasteiger partial charge is 0.377 e. The Morgan fingerprint density at radius 2 is 1.56 bits per heavy atom. The normalized spacial score (nSPS) is 13.2. The van der Waals surface area contributed by atoms with E-state index >= 15 is 0 Å². The molecule has 0 fully saturated rings. The molecule has 0 aliphatic heterocycles. The van der Waals surface area contributed by atoms with Crippen molar-refractivity contribution in [3.63, 3.8) is 0 Å². The van der Waals surface area contributed by atoms with Gasteiger partial charge in [-0.3, -0.25) is 0 Å². The standard InChI is InChI=1S/C16H35NO/c1-5-7-8-9-10-11-13-18-16(12-6-2)14-17-15(3)4/h15-17H,5-14H2,1-4H3. The van der Waals surface area contributed by atoms with Crippen molar-refractivity contribution in [2.24, 2.45) is 0 Å². The van der Waals surface area contributed by atoms with Gasteiger partial charge in [0, 0.05) is 19.2 Å². The van der Waals surface area contributed by atoms with Crippen LogP contribution in [0.25, 0.3) is 0 Å². The third-order valence-electron chi connectivity index (χ3n) is 3.22. The molecule has 0 bridgehead atoms. The number of nitrogens with one attached hydrogen (secondary N) is 1. The molecule has 0 aliphatic carbocycles. The molecule has 0 heterocycles. The second kappa shape index (κ2) is 13.4. The highest BCUT2D eigenvalue weighted by Gasteiger charge is 2.08. The van der Waals surface area contributed by atoms with Crippen LogP contribution in [-0.4, -0.2) is 25.3 Å². The Bertz CT molecular complexity index is 159. The smallest absolute Gasteiger partial charge is 0.0699 e. The van der Waals surface area contributed by atoms with E-state index in [1.165, 1.54) is 51.4 Å². The fraction of sp³-hybridized carbons (Fsp3) is 1.00. The molecule has 18 heavy (non-hydrogen) atoms. The van der Waals surface area contributed by atoms with Crippen molar-refractivity contribution in [2.45, 2.75) is 91.2 Å². The van der Waals surface area contributed by atoms with E-state index < -0.39 is 0 Å². The second-order valence-electron chi connectivity index (χ2n) is 5.61. The Morgan fingerprint density at radius 1 is 0.889 bits per heavy atom. The molecule has 0 rings (SSSR count). The fourth-order valence-electron chi connectivity index (χ4n) is 2.07. The first kappa shape index (κ1) is 17.9. The molecule has 0 saturated heterocycles. The molecule has 0 aromatic rings. The molecule has 2 nitrogen and oxygen atoms in total. The molecule has 0 amide bonds. The van der Waals surface area contributed by atoms with Crippen LogP contribution in [0.1, 0.15) is 79.1 Å². The lowest BCUT2D eigenvalue weighted by atomic mass is 10.1. The molecule has 2 heteroatoms. The van der Waals surface area contributed by atoms with Gasteiger partial charge in [0.05, 0.1) is 6.10 Å². The van der Waals surface area contributed by atoms with Crippen LogP contribution in [-0.2, 0) is 4.74 Å². The molecule has 110 valence electrons. The topological polar surface area (TPSA) is 21.3 Å². The average molecular weight is 257 g/mol. The summed E-state index contributed by atoms with van der Waals surface area (Å²) in [6.45, 7) is 10.8. The van der Waals surface area contributed by atoms with E-state index in [0.717, 1.165) is 13.2 Å². The van der Waals surface area contributed by atoms with E-state index in [0.29, 0.717) is 12.1 Å². The minimum absolute atomic E-state index is 0.410. The molecule has 1 atom stereocenters. The number of unbranched alkanes of at least 4 members (excludes halogenated alkanes) is 5. The van der Waals surface area contributed by atoms with Crippen LogP contribution in [0.5, 0.6) is 0 Å². The van der Waals surface area contributed by atoms with Gasteiger partial charge in [0.25, 0.3) is 0 Å². The van der Waals surface area contributed by atoms with Crippen LogP contribution < -0.4 is 5.32 Å².